The van der Waals surface area contributed by atoms with Gasteiger partial charge in [-0.15, -0.1) is 11.8 Å². The Bertz CT molecular complexity index is 389. The fourth-order valence-corrected chi connectivity index (χ4v) is 3.82. The number of thioether (sulfide) groups is 1. The first kappa shape index (κ1) is 14.8. The Hall–Kier alpha value is -0.630. The third-order valence-electron chi connectivity index (χ3n) is 4.20. The van der Waals surface area contributed by atoms with E-state index in [1.807, 2.05) is 11.8 Å². The van der Waals surface area contributed by atoms with Crippen molar-refractivity contribution in [3.8, 4) is 0 Å². The minimum atomic E-state index is 0.666. The molecule has 0 radical (unpaired) electrons. The Labute approximate surface area is 122 Å². The molecular formula is C17H27NS. The van der Waals surface area contributed by atoms with Crippen LogP contribution in [0.2, 0.25) is 0 Å². The van der Waals surface area contributed by atoms with Gasteiger partial charge in [0.1, 0.15) is 0 Å². The van der Waals surface area contributed by atoms with Crippen LogP contribution in [0.3, 0.4) is 0 Å². The number of rotatable bonds is 5. The molecule has 0 amide bonds. The van der Waals surface area contributed by atoms with Crippen molar-refractivity contribution in [3.05, 3.63) is 24.3 Å². The van der Waals surface area contributed by atoms with Gasteiger partial charge in [-0.05, 0) is 42.6 Å². The van der Waals surface area contributed by atoms with E-state index in [0.717, 1.165) is 17.6 Å². The van der Waals surface area contributed by atoms with Gasteiger partial charge >= 0.3 is 0 Å². The summed E-state index contributed by atoms with van der Waals surface area (Å²) >= 11 is 1.94. The molecule has 1 nitrogen and oxygen atoms in total. The molecule has 0 aliphatic heterocycles. The second-order valence-corrected chi connectivity index (χ2v) is 7.25. The lowest BCUT2D eigenvalue weighted by atomic mass is 9.79. The second kappa shape index (κ2) is 7.23. The first-order chi connectivity index (χ1) is 9.20. The van der Waals surface area contributed by atoms with E-state index in [-0.39, 0.29) is 0 Å². The first-order valence-electron chi connectivity index (χ1n) is 7.69. The molecule has 2 heteroatoms. The van der Waals surface area contributed by atoms with Crippen molar-refractivity contribution in [2.45, 2.75) is 57.4 Å². The second-order valence-electron chi connectivity index (χ2n) is 5.94. The normalized spacial score (nSPS) is 23.6. The summed E-state index contributed by atoms with van der Waals surface area (Å²) in [6.45, 7) is 6.96. The molecule has 106 valence electrons. The monoisotopic (exact) mass is 277 g/mol. The molecule has 19 heavy (non-hydrogen) atoms. The van der Waals surface area contributed by atoms with Crippen LogP contribution in [-0.4, -0.2) is 11.8 Å². The van der Waals surface area contributed by atoms with Gasteiger partial charge in [-0.1, -0.05) is 45.7 Å². The number of nitrogens with one attached hydrogen (secondary N) is 1. The Balaban J connectivity index is 2.00. The molecule has 1 aliphatic rings. The molecular weight excluding hydrogens is 250 g/mol. The van der Waals surface area contributed by atoms with E-state index in [4.69, 9.17) is 0 Å². The number of para-hydroxylation sites is 1. The molecule has 1 aliphatic carbocycles. The third-order valence-corrected chi connectivity index (χ3v) is 5.16. The molecule has 0 spiro atoms. The molecule has 1 aromatic rings. The van der Waals surface area contributed by atoms with E-state index in [1.54, 1.807) is 0 Å². The SMILES string of the molecule is CCSc1ccccc1NC1CCCC(C(C)C)C1. The van der Waals surface area contributed by atoms with Gasteiger partial charge < -0.3 is 5.32 Å². The minimum Gasteiger partial charge on any atom is -0.381 e. The van der Waals surface area contributed by atoms with Crippen LogP contribution in [-0.2, 0) is 0 Å². The van der Waals surface area contributed by atoms with E-state index in [9.17, 15) is 0 Å². The summed E-state index contributed by atoms with van der Waals surface area (Å²) in [7, 11) is 0. The number of hydrogen-bond acceptors (Lipinski definition) is 2. The van der Waals surface area contributed by atoms with Gasteiger partial charge in [0, 0.05) is 16.6 Å². The van der Waals surface area contributed by atoms with Crippen LogP contribution in [0, 0.1) is 11.8 Å². The maximum absolute atomic E-state index is 3.80. The zero-order chi connectivity index (χ0) is 13.7. The molecule has 0 saturated heterocycles. The highest BCUT2D eigenvalue weighted by molar-refractivity contribution is 7.99. The van der Waals surface area contributed by atoms with E-state index in [0.29, 0.717) is 6.04 Å². The molecule has 0 bridgehead atoms. The highest BCUT2D eigenvalue weighted by Crippen LogP contribution is 2.33. The molecule has 0 aromatic heterocycles. The summed E-state index contributed by atoms with van der Waals surface area (Å²) in [5, 5.41) is 3.80. The molecule has 2 unspecified atom stereocenters. The smallest absolute Gasteiger partial charge is 0.0480 e. The summed E-state index contributed by atoms with van der Waals surface area (Å²) in [6.07, 6.45) is 5.46. The van der Waals surface area contributed by atoms with E-state index < -0.39 is 0 Å². The lowest BCUT2D eigenvalue weighted by molar-refractivity contribution is 0.264. The van der Waals surface area contributed by atoms with Crippen LogP contribution in [0.25, 0.3) is 0 Å². The summed E-state index contributed by atoms with van der Waals surface area (Å²) < 4.78 is 0. The Morgan fingerprint density at radius 3 is 2.79 bits per heavy atom. The van der Waals surface area contributed by atoms with Crippen molar-refractivity contribution < 1.29 is 0 Å². The fourth-order valence-electron chi connectivity index (χ4n) is 3.05. The molecule has 1 fully saturated rings. The fraction of sp³-hybridized carbons (Fsp3) is 0.647. The zero-order valence-corrected chi connectivity index (χ0v) is 13.3. The molecule has 1 aromatic carbocycles. The average Bonchev–Trinajstić information content (AvgIpc) is 2.41. The van der Waals surface area contributed by atoms with E-state index in [1.165, 1.54) is 36.3 Å². The van der Waals surface area contributed by atoms with Gasteiger partial charge in [0.05, 0.1) is 0 Å². The van der Waals surface area contributed by atoms with Crippen molar-refractivity contribution in [2.24, 2.45) is 11.8 Å². The standard InChI is InChI=1S/C17H27NS/c1-4-19-17-11-6-5-10-16(17)18-15-9-7-8-14(12-15)13(2)3/h5-6,10-11,13-15,18H,4,7-9,12H2,1-3H3. The van der Waals surface area contributed by atoms with Crippen LogP contribution < -0.4 is 5.32 Å². The Morgan fingerprint density at radius 2 is 2.05 bits per heavy atom. The Morgan fingerprint density at radius 1 is 1.26 bits per heavy atom. The van der Waals surface area contributed by atoms with Gasteiger partial charge in [-0.25, -0.2) is 0 Å². The average molecular weight is 277 g/mol. The van der Waals surface area contributed by atoms with Crippen LogP contribution in [0.15, 0.2) is 29.2 Å². The van der Waals surface area contributed by atoms with Crippen LogP contribution in [0.5, 0.6) is 0 Å². The molecule has 1 N–H and O–H groups in total. The zero-order valence-electron chi connectivity index (χ0n) is 12.5. The number of anilines is 1. The van der Waals surface area contributed by atoms with Gasteiger partial charge in [0.15, 0.2) is 0 Å². The Kier molecular flexibility index (Phi) is 5.62. The molecule has 1 saturated carbocycles. The molecule has 2 atom stereocenters. The van der Waals surface area contributed by atoms with Gasteiger partial charge in [-0.3, -0.25) is 0 Å². The van der Waals surface area contributed by atoms with Gasteiger partial charge in [0.25, 0.3) is 0 Å². The van der Waals surface area contributed by atoms with Crippen molar-refractivity contribution in [1.82, 2.24) is 0 Å². The van der Waals surface area contributed by atoms with Gasteiger partial charge in [0.2, 0.25) is 0 Å². The minimum absolute atomic E-state index is 0.666. The van der Waals surface area contributed by atoms with Crippen molar-refractivity contribution in [3.63, 3.8) is 0 Å². The van der Waals surface area contributed by atoms with Crippen molar-refractivity contribution in [2.75, 3.05) is 11.1 Å². The molecule has 0 heterocycles. The van der Waals surface area contributed by atoms with E-state index >= 15 is 0 Å². The number of benzene rings is 1. The largest absolute Gasteiger partial charge is 0.381 e. The number of hydrogen-bond donors (Lipinski definition) is 1. The lowest BCUT2D eigenvalue weighted by Gasteiger charge is -2.33. The highest BCUT2D eigenvalue weighted by atomic mass is 32.2. The summed E-state index contributed by atoms with van der Waals surface area (Å²) in [4.78, 5) is 1.40. The van der Waals surface area contributed by atoms with Crippen LogP contribution >= 0.6 is 11.8 Å². The van der Waals surface area contributed by atoms with Gasteiger partial charge in [-0.2, -0.15) is 0 Å². The summed E-state index contributed by atoms with van der Waals surface area (Å²) in [5.41, 5.74) is 1.34. The first-order valence-corrected chi connectivity index (χ1v) is 8.67. The predicted octanol–water partition coefficient (Wildman–Crippen LogP) is 5.43. The van der Waals surface area contributed by atoms with Crippen molar-refractivity contribution in [1.29, 1.82) is 0 Å². The van der Waals surface area contributed by atoms with Crippen LogP contribution in [0.1, 0.15) is 46.5 Å². The van der Waals surface area contributed by atoms with Crippen LogP contribution in [0.4, 0.5) is 5.69 Å². The topological polar surface area (TPSA) is 12.0 Å². The molecule has 2 rings (SSSR count). The van der Waals surface area contributed by atoms with E-state index in [2.05, 4.69) is 50.4 Å². The predicted molar refractivity (Wildman–Crippen MR) is 87.0 cm³/mol. The quantitative estimate of drug-likeness (QED) is 0.721. The third kappa shape index (κ3) is 4.17. The summed E-state index contributed by atoms with van der Waals surface area (Å²) in [6, 6.07) is 9.42. The maximum atomic E-state index is 3.80. The maximum Gasteiger partial charge on any atom is 0.0480 e. The lowest BCUT2D eigenvalue weighted by Crippen LogP contribution is -2.29. The highest BCUT2D eigenvalue weighted by Gasteiger charge is 2.24. The summed E-state index contributed by atoms with van der Waals surface area (Å²) in [5.74, 6) is 2.86. The van der Waals surface area contributed by atoms with Crippen molar-refractivity contribution >= 4 is 17.4 Å².